The van der Waals surface area contributed by atoms with E-state index in [2.05, 4.69) is 73.2 Å². The van der Waals surface area contributed by atoms with Crippen LogP contribution in [-0.4, -0.2) is 127 Å². The molecule has 3 N–H and O–H groups in total. The Bertz CT molecular complexity index is 3020. The van der Waals surface area contributed by atoms with Gasteiger partial charge in [-0.25, -0.2) is 9.18 Å². The molecular weight excluding hydrogens is 1300 g/mol. The molecule has 26 heteroatoms. The molecule has 0 bridgehead atoms. The van der Waals surface area contributed by atoms with Crippen molar-refractivity contribution in [2.75, 3.05) is 33.0 Å². The molecule has 1 aliphatic rings. The van der Waals surface area contributed by atoms with Gasteiger partial charge in [-0.05, 0) is 175 Å². The second-order valence-electron chi connectivity index (χ2n) is 22.9. The highest BCUT2D eigenvalue weighted by Crippen LogP contribution is 2.38. The van der Waals surface area contributed by atoms with Gasteiger partial charge in [0.2, 0.25) is 0 Å². The molecule has 0 amide bonds. The first-order chi connectivity index (χ1) is 37.7. The molecule has 6 heterocycles. The van der Waals surface area contributed by atoms with Gasteiger partial charge in [-0.3, -0.25) is 28.5 Å². The largest absolute Gasteiger partial charge is 0.498 e. The SMILES string of the molecule is CC(C)(CO)n1cc(B2OC(C)(C)C(C)(C)O2)cn1.CC(C)(CO)n1cc(Br)cn1.CCOC(=O)C(C)(C)Br.CCOC(=O)C(C)(C)n1cc(Br)cn1.Cc1ncc(-c2cnn(C(C)(C)CO)c2)cc1OC(C)c1c(Cl)ccc(F)c1Cl.[2HH]. The molecule has 1 aliphatic heterocycles. The number of aromatic nitrogens is 9. The molecule has 0 aliphatic carbocycles. The second-order valence-corrected chi connectivity index (χ2v) is 27.5. The zero-order valence-corrected chi connectivity index (χ0v) is 56.4. The maximum absolute atomic E-state index is 13.9. The summed E-state index contributed by atoms with van der Waals surface area (Å²) in [5.41, 5.74) is 0.833. The molecule has 1 saturated heterocycles. The van der Waals surface area contributed by atoms with E-state index in [1.54, 1.807) is 104 Å². The van der Waals surface area contributed by atoms with Crippen LogP contribution in [0.2, 0.25) is 10.0 Å². The Labute approximate surface area is 518 Å². The monoisotopic (exact) mass is 1380 g/mol. The number of aryl methyl sites for hydroxylation is 1. The van der Waals surface area contributed by atoms with Gasteiger partial charge >= 0.3 is 19.1 Å². The molecule has 1 atom stereocenters. The van der Waals surface area contributed by atoms with Crippen molar-refractivity contribution >= 4 is 95.5 Å². The average molecular weight is 1380 g/mol. The number of benzene rings is 1. The predicted octanol–water partition coefficient (Wildman–Crippen LogP) is 11.8. The van der Waals surface area contributed by atoms with Crippen LogP contribution < -0.4 is 10.2 Å². The van der Waals surface area contributed by atoms with Gasteiger partial charge in [-0.15, -0.1) is 0 Å². The van der Waals surface area contributed by atoms with Crippen LogP contribution in [0, 0.1) is 12.7 Å². The zero-order chi connectivity index (χ0) is 62.6. The Morgan fingerprint density at radius 2 is 1.16 bits per heavy atom. The fraction of sp³-hybridized carbons (Fsp3) is 0.554. The van der Waals surface area contributed by atoms with Crippen molar-refractivity contribution in [1.82, 2.24) is 44.1 Å². The number of carbonyl (C=O) groups excluding carboxylic acids is 2. The van der Waals surface area contributed by atoms with E-state index in [1.807, 2.05) is 101 Å². The van der Waals surface area contributed by atoms with Crippen molar-refractivity contribution in [2.24, 2.45) is 0 Å². The standard InChI is InChI=1S/C21H22Cl2FN3O2.C13H23BN2O3.C9H13BrN2O2.C7H11BrN2O.C6H11BrO2.H2/c1-12-18(29-13(2)19-16(22)5-6-17(24)20(19)23)7-14(8-25-12)15-9-26-27(10-15)21(3,4)11-28;1-11(2,9-17)16-8-10(7-15-16)14-18-12(3,4)13(5,6)19-14;1-4-14-8(13)9(2,3)12-6-7(10)5-11-12;1-7(2,5-11)10-4-6(8)3-9-10;1-4-9-5(8)6(2,3)7;/h5-10,13,28H,11H2,1-4H3;7-8,17H,9H2,1-6H3;5-6H,4H2,1-3H3;3-4,11H,5H2,1-2H3;4H2,1-3H3;1H/i;;;;;1+1. The third-order valence-corrected chi connectivity index (χ3v) is 15.0. The minimum absolute atomic E-state index is 0. The van der Waals surface area contributed by atoms with Crippen molar-refractivity contribution in [1.29, 1.82) is 0 Å². The number of rotatable bonds is 16. The summed E-state index contributed by atoms with van der Waals surface area (Å²) >= 11 is 22.0. The number of hydrogen-bond donors (Lipinski definition) is 3. The Morgan fingerprint density at radius 1 is 0.707 bits per heavy atom. The van der Waals surface area contributed by atoms with Crippen LogP contribution in [0.25, 0.3) is 11.1 Å². The molecule has 19 nitrogen and oxygen atoms in total. The Morgan fingerprint density at radius 3 is 1.61 bits per heavy atom. The molecule has 1 fully saturated rings. The third kappa shape index (κ3) is 19.4. The normalized spacial score (nSPS) is 14.4. The van der Waals surface area contributed by atoms with Crippen molar-refractivity contribution < 1.29 is 54.2 Å². The lowest BCUT2D eigenvalue weighted by Crippen LogP contribution is -2.41. The summed E-state index contributed by atoms with van der Waals surface area (Å²) in [4.78, 5) is 26.8. The molecule has 6 aromatic rings. The number of aliphatic hydroxyl groups excluding tert-OH is 3. The minimum atomic E-state index is -0.762. The highest BCUT2D eigenvalue weighted by molar-refractivity contribution is 9.11. The van der Waals surface area contributed by atoms with E-state index >= 15 is 0 Å². The van der Waals surface area contributed by atoms with Gasteiger partial charge in [0.25, 0.3) is 0 Å². The van der Waals surface area contributed by atoms with E-state index in [-0.39, 0.29) is 54.9 Å². The number of hydrogen-bond acceptors (Lipinski definition) is 15. The first-order valence-electron chi connectivity index (χ1n) is 26.3. The molecule has 0 saturated carbocycles. The van der Waals surface area contributed by atoms with Crippen LogP contribution in [0.5, 0.6) is 5.75 Å². The number of ether oxygens (including phenoxy) is 3. The van der Waals surface area contributed by atoms with Crippen molar-refractivity contribution in [3.63, 3.8) is 0 Å². The van der Waals surface area contributed by atoms with Crippen molar-refractivity contribution in [2.45, 2.75) is 168 Å². The van der Waals surface area contributed by atoms with Crippen LogP contribution in [-0.2, 0) is 50.5 Å². The lowest BCUT2D eigenvalue weighted by Gasteiger charge is -2.32. The fourth-order valence-corrected chi connectivity index (χ4v) is 8.05. The molecule has 1 aromatic carbocycles. The maximum Gasteiger partial charge on any atom is 0.498 e. The number of aliphatic hydroxyl groups is 3. The number of esters is 2. The summed E-state index contributed by atoms with van der Waals surface area (Å²) in [5, 5.41) is 44.9. The van der Waals surface area contributed by atoms with Gasteiger partial charge in [-0.1, -0.05) is 39.1 Å². The molecule has 0 spiro atoms. The molecule has 456 valence electrons. The van der Waals surface area contributed by atoms with Crippen molar-refractivity contribution in [3.05, 3.63) is 110 Å². The quantitative estimate of drug-likeness (QED) is 0.0355. The highest BCUT2D eigenvalue weighted by Gasteiger charge is 2.52. The van der Waals surface area contributed by atoms with E-state index in [9.17, 15) is 24.2 Å². The van der Waals surface area contributed by atoms with Gasteiger partial charge < -0.3 is 38.8 Å². The van der Waals surface area contributed by atoms with Gasteiger partial charge in [0, 0.05) is 65.8 Å². The molecule has 7 rings (SSSR count). The molecular formula is C56H82BBr3Cl2FN9O10. The summed E-state index contributed by atoms with van der Waals surface area (Å²) in [6.07, 6.45) is 15.2. The van der Waals surface area contributed by atoms with E-state index in [0.717, 1.165) is 25.5 Å². The topological polar surface area (TPSA) is 225 Å². The summed E-state index contributed by atoms with van der Waals surface area (Å²) in [7, 11) is -0.409. The summed E-state index contributed by atoms with van der Waals surface area (Å²) in [6, 6.07) is 4.52. The fourth-order valence-electron chi connectivity index (χ4n) is 6.69. The number of halogens is 6. The smallest absolute Gasteiger partial charge is 0.484 e. The van der Waals surface area contributed by atoms with E-state index in [4.69, 9.17) is 51.8 Å². The van der Waals surface area contributed by atoms with Crippen LogP contribution in [0.3, 0.4) is 0 Å². The Balaban J connectivity index is 0.000000378. The number of alkyl halides is 1. The van der Waals surface area contributed by atoms with Gasteiger partial charge in [0.1, 0.15) is 22.0 Å². The molecule has 0 radical (unpaired) electrons. The molecule has 82 heavy (non-hydrogen) atoms. The first-order valence-corrected chi connectivity index (χ1v) is 29.4. The first kappa shape index (κ1) is 72.0. The zero-order valence-electron chi connectivity index (χ0n) is 50.1. The minimum Gasteiger partial charge on any atom is -0.484 e. The number of carbonyl (C=O) groups is 2. The van der Waals surface area contributed by atoms with Crippen LogP contribution in [0.1, 0.15) is 136 Å². The Hall–Kier alpha value is -4.24. The van der Waals surface area contributed by atoms with E-state index in [1.165, 1.54) is 12.1 Å². The van der Waals surface area contributed by atoms with Crippen LogP contribution >= 0.6 is 71.0 Å². The molecule has 1 unspecified atom stereocenters. The molecule has 5 aromatic heterocycles. The number of nitrogens with zero attached hydrogens (tertiary/aromatic N) is 9. The summed E-state index contributed by atoms with van der Waals surface area (Å²) in [5.74, 6) is -0.523. The average Bonchev–Trinajstić information content (AvgIpc) is 4.36. The van der Waals surface area contributed by atoms with Crippen LogP contribution in [0.4, 0.5) is 4.39 Å². The third-order valence-electron chi connectivity index (χ3n) is 13.1. The van der Waals surface area contributed by atoms with Crippen molar-refractivity contribution in [3.8, 4) is 16.9 Å². The van der Waals surface area contributed by atoms with Gasteiger partial charge in [-0.2, -0.15) is 20.4 Å². The highest BCUT2D eigenvalue weighted by atomic mass is 79.9. The van der Waals surface area contributed by atoms with E-state index < -0.39 is 40.0 Å². The van der Waals surface area contributed by atoms with Gasteiger partial charge in [0.15, 0.2) is 5.54 Å². The Kier molecular flexibility index (Phi) is 26.1. The second kappa shape index (κ2) is 29.7. The summed E-state index contributed by atoms with van der Waals surface area (Å²) < 4.78 is 49.5. The maximum atomic E-state index is 13.9. The number of pyridine rings is 1. The summed E-state index contributed by atoms with van der Waals surface area (Å²) in [6.45, 7) is 34.6. The lowest BCUT2D eigenvalue weighted by atomic mass is 9.82. The van der Waals surface area contributed by atoms with Gasteiger partial charge in [0.05, 0.1) is 99.1 Å². The lowest BCUT2D eigenvalue weighted by molar-refractivity contribution is -0.152. The predicted molar refractivity (Wildman–Crippen MR) is 330 cm³/mol. The van der Waals surface area contributed by atoms with E-state index in [0.29, 0.717) is 35.2 Å². The van der Waals surface area contributed by atoms with Crippen LogP contribution in [0.15, 0.2) is 82.9 Å².